The highest BCUT2D eigenvalue weighted by Crippen LogP contribution is 2.16. The first-order valence-corrected chi connectivity index (χ1v) is 8.88. The lowest BCUT2D eigenvalue weighted by Crippen LogP contribution is -2.38. The first-order valence-electron chi connectivity index (χ1n) is 6.68. The van der Waals surface area contributed by atoms with E-state index in [1.165, 1.54) is 6.20 Å². The van der Waals surface area contributed by atoms with E-state index in [2.05, 4.69) is 10.3 Å². The number of nitrogens with one attached hydrogen (secondary N) is 2. The second-order valence-corrected chi connectivity index (χ2v) is 7.96. The summed E-state index contributed by atoms with van der Waals surface area (Å²) in [6.45, 7) is 0. The second kappa shape index (κ2) is 5.40. The van der Waals surface area contributed by atoms with Gasteiger partial charge in [0.15, 0.2) is 9.84 Å². The molecule has 1 aliphatic heterocycles. The van der Waals surface area contributed by atoms with Crippen LogP contribution in [0.15, 0.2) is 29.2 Å². The molecule has 0 saturated carbocycles. The first-order chi connectivity index (χ1) is 10.4. The van der Waals surface area contributed by atoms with Gasteiger partial charge in [-0.3, -0.25) is 9.59 Å². The van der Waals surface area contributed by atoms with E-state index >= 15 is 0 Å². The number of aromatic nitrogens is 1. The van der Waals surface area contributed by atoms with Crippen LogP contribution in [0.4, 0.5) is 0 Å². The molecule has 116 valence electrons. The van der Waals surface area contributed by atoms with E-state index in [0.717, 1.165) is 0 Å². The number of carbonyl (C=O) groups is 1. The van der Waals surface area contributed by atoms with Gasteiger partial charge in [-0.1, -0.05) is 11.6 Å². The Morgan fingerprint density at radius 1 is 1.36 bits per heavy atom. The van der Waals surface area contributed by atoms with Gasteiger partial charge in [-0.05, 0) is 24.6 Å². The lowest BCUT2D eigenvalue weighted by Gasteiger charge is -2.10. The minimum atomic E-state index is -3.09. The maximum absolute atomic E-state index is 12.3. The SMILES string of the molecule is O=C(N[C@@H]1CCS(=O)(=O)C1)c1c[nH]c2cc(Cl)ccc2c1=O. The van der Waals surface area contributed by atoms with E-state index in [-0.39, 0.29) is 17.1 Å². The van der Waals surface area contributed by atoms with Crippen LogP contribution in [-0.2, 0) is 9.84 Å². The number of fused-ring (bicyclic) bond motifs is 1. The smallest absolute Gasteiger partial charge is 0.257 e. The average Bonchev–Trinajstić information content (AvgIpc) is 2.77. The van der Waals surface area contributed by atoms with E-state index in [9.17, 15) is 18.0 Å². The number of hydrogen-bond acceptors (Lipinski definition) is 4. The van der Waals surface area contributed by atoms with Crippen molar-refractivity contribution in [3.05, 3.63) is 45.2 Å². The molecule has 0 radical (unpaired) electrons. The summed E-state index contributed by atoms with van der Waals surface area (Å²) in [6, 6.07) is 4.28. The van der Waals surface area contributed by atoms with Crippen LogP contribution in [0.25, 0.3) is 10.9 Å². The summed E-state index contributed by atoms with van der Waals surface area (Å²) in [6.07, 6.45) is 1.69. The number of carbonyl (C=O) groups excluding carboxylic acids is 1. The highest BCUT2D eigenvalue weighted by atomic mass is 35.5. The Bertz CT molecular complexity index is 920. The highest BCUT2D eigenvalue weighted by Gasteiger charge is 2.29. The zero-order valence-electron chi connectivity index (χ0n) is 11.4. The average molecular weight is 341 g/mol. The van der Waals surface area contributed by atoms with Gasteiger partial charge in [0.1, 0.15) is 5.56 Å². The number of H-pyrrole nitrogens is 1. The van der Waals surface area contributed by atoms with Gasteiger partial charge in [0.05, 0.1) is 17.0 Å². The number of amides is 1. The number of sulfone groups is 1. The molecule has 0 unspecified atom stereocenters. The third kappa shape index (κ3) is 2.86. The molecule has 0 bridgehead atoms. The summed E-state index contributed by atoms with van der Waals surface area (Å²) >= 11 is 5.86. The third-order valence-corrected chi connectivity index (χ3v) is 5.66. The number of pyridine rings is 1. The summed E-state index contributed by atoms with van der Waals surface area (Å²) in [4.78, 5) is 27.4. The summed E-state index contributed by atoms with van der Waals surface area (Å²) in [5, 5.41) is 3.44. The lowest BCUT2D eigenvalue weighted by atomic mass is 10.1. The van der Waals surface area contributed by atoms with Gasteiger partial charge in [0.25, 0.3) is 5.91 Å². The number of halogens is 1. The third-order valence-electron chi connectivity index (χ3n) is 3.66. The minimum absolute atomic E-state index is 0.0425. The Hall–Kier alpha value is -1.86. The molecule has 1 saturated heterocycles. The number of benzene rings is 1. The van der Waals surface area contributed by atoms with E-state index in [4.69, 9.17) is 11.6 Å². The second-order valence-electron chi connectivity index (χ2n) is 5.29. The molecule has 8 heteroatoms. The fourth-order valence-corrected chi connectivity index (χ4v) is 4.38. The van der Waals surface area contributed by atoms with Crippen molar-refractivity contribution in [2.24, 2.45) is 0 Å². The summed E-state index contributed by atoms with van der Waals surface area (Å²) in [5.41, 5.74) is 0.0837. The maximum Gasteiger partial charge on any atom is 0.257 e. The van der Waals surface area contributed by atoms with Crippen molar-refractivity contribution in [2.75, 3.05) is 11.5 Å². The molecule has 2 N–H and O–H groups in total. The van der Waals surface area contributed by atoms with Gasteiger partial charge in [0.2, 0.25) is 5.43 Å². The molecule has 1 aromatic carbocycles. The number of aromatic amines is 1. The Balaban J connectivity index is 1.90. The van der Waals surface area contributed by atoms with E-state index in [0.29, 0.717) is 22.3 Å². The molecule has 2 heterocycles. The largest absolute Gasteiger partial charge is 0.360 e. The van der Waals surface area contributed by atoms with Crippen molar-refractivity contribution in [1.29, 1.82) is 0 Å². The topological polar surface area (TPSA) is 96.1 Å². The molecule has 0 aliphatic carbocycles. The molecule has 2 aromatic rings. The maximum atomic E-state index is 12.3. The monoisotopic (exact) mass is 340 g/mol. The van der Waals surface area contributed by atoms with Gasteiger partial charge in [-0.15, -0.1) is 0 Å². The lowest BCUT2D eigenvalue weighted by molar-refractivity contribution is 0.0940. The molecular formula is C14H13ClN2O4S. The van der Waals surface area contributed by atoms with Crippen LogP contribution in [0.5, 0.6) is 0 Å². The zero-order chi connectivity index (χ0) is 15.9. The predicted molar refractivity (Wildman–Crippen MR) is 84.1 cm³/mol. The zero-order valence-corrected chi connectivity index (χ0v) is 13.0. The van der Waals surface area contributed by atoms with Crippen LogP contribution in [0, 0.1) is 0 Å². The van der Waals surface area contributed by atoms with Gasteiger partial charge in [-0.2, -0.15) is 0 Å². The van der Waals surface area contributed by atoms with Crippen LogP contribution in [0.1, 0.15) is 16.8 Å². The molecule has 1 fully saturated rings. The van der Waals surface area contributed by atoms with Gasteiger partial charge >= 0.3 is 0 Å². The van der Waals surface area contributed by atoms with Gasteiger partial charge in [-0.25, -0.2) is 8.42 Å². The van der Waals surface area contributed by atoms with Crippen LogP contribution >= 0.6 is 11.6 Å². The highest BCUT2D eigenvalue weighted by molar-refractivity contribution is 7.91. The van der Waals surface area contributed by atoms with Crippen LogP contribution < -0.4 is 10.7 Å². The number of rotatable bonds is 2. The van der Waals surface area contributed by atoms with Crippen LogP contribution in [0.3, 0.4) is 0 Å². The first kappa shape index (κ1) is 15.1. The van der Waals surface area contributed by atoms with Crippen LogP contribution in [0.2, 0.25) is 5.02 Å². The molecule has 1 amide bonds. The van der Waals surface area contributed by atoms with Crippen molar-refractivity contribution >= 4 is 38.2 Å². The molecule has 1 aromatic heterocycles. The molecule has 1 atom stereocenters. The number of hydrogen-bond donors (Lipinski definition) is 2. The van der Waals surface area contributed by atoms with E-state index in [1.54, 1.807) is 18.2 Å². The van der Waals surface area contributed by atoms with Crippen LogP contribution in [-0.4, -0.2) is 36.9 Å². The molecule has 22 heavy (non-hydrogen) atoms. The van der Waals surface area contributed by atoms with Gasteiger partial charge < -0.3 is 10.3 Å². The molecule has 3 rings (SSSR count). The Morgan fingerprint density at radius 2 is 2.14 bits per heavy atom. The van der Waals surface area contributed by atoms with Crippen molar-refractivity contribution in [2.45, 2.75) is 12.5 Å². The van der Waals surface area contributed by atoms with E-state index < -0.39 is 27.2 Å². The summed E-state index contributed by atoms with van der Waals surface area (Å²) < 4.78 is 22.8. The Morgan fingerprint density at radius 3 is 2.82 bits per heavy atom. The molecular weight excluding hydrogens is 328 g/mol. The standard InChI is InChI=1S/C14H13ClN2O4S/c15-8-1-2-10-12(5-8)16-6-11(13(10)18)14(19)17-9-3-4-22(20,21)7-9/h1-2,5-6,9H,3-4,7H2,(H,16,18)(H,17,19)/t9-/m1/s1. The van der Waals surface area contributed by atoms with Gasteiger partial charge in [0, 0.05) is 22.6 Å². The van der Waals surface area contributed by atoms with Crippen molar-refractivity contribution in [3.8, 4) is 0 Å². The molecule has 0 spiro atoms. The predicted octanol–water partition coefficient (Wildman–Crippen LogP) is 1.10. The van der Waals surface area contributed by atoms with Crippen molar-refractivity contribution in [1.82, 2.24) is 10.3 Å². The summed E-state index contributed by atoms with van der Waals surface area (Å²) in [5.74, 6) is -0.593. The minimum Gasteiger partial charge on any atom is -0.360 e. The fourth-order valence-electron chi connectivity index (χ4n) is 2.54. The quantitative estimate of drug-likeness (QED) is 0.855. The Labute approximate surface area is 131 Å². The van der Waals surface area contributed by atoms with Crippen molar-refractivity contribution < 1.29 is 13.2 Å². The molecule has 6 nitrogen and oxygen atoms in total. The van der Waals surface area contributed by atoms with Crippen molar-refractivity contribution in [3.63, 3.8) is 0 Å². The van der Waals surface area contributed by atoms with E-state index in [1.807, 2.05) is 0 Å². The molecule has 1 aliphatic rings. The normalized spacial score (nSPS) is 20.1. The summed E-state index contributed by atoms with van der Waals surface area (Å²) in [7, 11) is -3.09. The fraction of sp³-hybridized carbons (Fsp3) is 0.286. The Kier molecular flexibility index (Phi) is 3.70.